The van der Waals surface area contributed by atoms with Crippen LogP contribution in [0.25, 0.3) is 21.8 Å². The average Bonchev–Trinajstić information content (AvgIpc) is 3.00. The lowest BCUT2D eigenvalue weighted by Crippen LogP contribution is -2.11. The molecule has 0 saturated heterocycles. The summed E-state index contributed by atoms with van der Waals surface area (Å²) in [5.41, 5.74) is 10.4. The molecule has 0 fully saturated rings. The first-order valence-electron chi connectivity index (χ1n) is 9.29. The SMILES string of the molecule is CC(=O)Nc1cccc(Cn2c3cc(CO)ccc3c3c(C(N)=O)cccc32)c1. The van der Waals surface area contributed by atoms with Crippen LogP contribution in [0.2, 0.25) is 0 Å². The summed E-state index contributed by atoms with van der Waals surface area (Å²) in [6.45, 7) is 1.93. The van der Waals surface area contributed by atoms with Crippen LogP contribution in [0, 0.1) is 0 Å². The summed E-state index contributed by atoms with van der Waals surface area (Å²) in [7, 11) is 0. The van der Waals surface area contributed by atoms with Crippen molar-refractivity contribution in [3.63, 3.8) is 0 Å². The highest BCUT2D eigenvalue weighted by Crippen LogP contribution is 2.33. The second-order valence-electron chi connectivity index (χ2n) is 7.04. The molecule has 0 bridgehead atoms. The minimum atomic E-state index is -0.478. The maximum absolute atomic E-state index is 12.0. The number of aliphatic hydroxyl groups excluding tert-OH is 1. The molecule has 0 aliphatic carbocycles. The van der Waals surface area contributed by atoms with Crippen molar-refractivity contribution in [1.29, 1.82) is 0 Å². The fraction of sp³-hybridized carbons (Fsp3) is 0.130. The van der Waals surface area contributed by atoms with Gasteiger partial charge in [-0.05, 0) is 41.5 Å². The molecule has 0 atom stereocenters. The third kappa shape index (κ3) is 3.46. The predicted octanol–water partition coefficient (Wildman–Crippen LogP) is 3.39. The van der Waals surface area contributed by atoms with Crippen molar-refractivity contribution in [2.75, 3.05) is 5.32 Å². The number of fused-ring (bicyclic) bond motifs is 3. The number of aromatic nitrogens is 1. The summed E-state index contributed by atoms with van der Waals surface area (Å²) in [5.74, 6) is -0.605. The molecule has 6 heteroatoms. The van der Waals surface area contributed by atoms with E-state index in [-0.39, 0.29) is 12.5 Å². The fourth-order valence-electron chi connectivity index (χ4n) is 3.80. The number of carbonyl (C=O) groups is 2. The number of rotatable bonds is 5. The van der Waals surface area contributed by atoms with Crippen molar-refractivity contribution in [2.45, 2.75) is 20.1 Å². The van der Waals surface area contributed by atoms with Gasteiger partial charge in [0.25, 0.3) is 0 Å². The van der Waals surface area contributed by atoms with Gasteiger partial charge >= 0.3 is 0 Å². The molecule has 0 radical (unpaired) electrons. The van der Waals surface area contributed by atoms with Gasteiger partial charge in [-0.1, -0.05) is 30.3 Å². The molecule has 0 saturated carbocycles. The summed E-state index contributed by atoms with van der Waals surface area (Å²) in [5, 5.41) is 14.1. The van der Waals surface area contributed by atoms with E-state index in [1.807, 2.05) is 54.6 Å². The zero-order valence-corrected chi connectivity index (χ0v) is 16.0. The van der Waals surface area contributed by atoms with Gasteiger partial charge in [-0.15, -0.1) is 0 Å². The standard InChI is InChI=1S/C23H21N3O3/c1-14(28)25-17-5-2-4-15(10-17)12-26-20-7-3-6-19(23(24)29)22(20)18-9-8-16(13-27)11-21(18)26/h2-11,27H,12-13H2,1H3,(H2,24,29)(H,25,28). The van der Waals surface area contributed by atoms with Crippen LogP contribution in [-0.4, -0.2) is 21.5 Å². The molecule has 4 aromatic rings. The topological polar surface area (TPSA) is 97.3 Å². The Balaban J connectivity index is 1.94. The number of aliphatic hydroxyl groups is 1. The molecule has 146 valence electrons. The number of carbonyl (C=O) groups excluding carboxylic acids is 2. The Labute approximate surface area is 167 Å². The van der Waals surface area contributed by atoms with Crippen molar-refractivity contribution in [3.8, 4) is 0 Å². The zero-order valence-electron chi connectivity index (χ0n) is 16.0. The number of anilines is 1. The molecular weight excluding hydrogens is 366 g/mol. The molecule has 3 aromatic carbocycles. The van der Waals surface area contributed by atoms with E-state index < -0.39 is 5.91 Å². The number of benzene rings is 3. The molecule has 4 N–H and O–H groups in total. The Bertz CT molecular complexity index is 1260. The molecule has 0 aliphatic heterocycles. The van der Waals surface area contributed by atoms with Crippen LogP contribution in [0.15, 0.2) is 60.7 Å². The highest BCUT2D eigenvalue weighted by Gasteiger charge is 2.17. The first-order chi connectivity index (χ1) is 14.0. The zero-order chi connectivity index (χ0) is 20.5. The summed E-state index contributed by atoms with van der Waals surface area (Å²) in [6, 6.07) is 18.8. The third-order valence-electron chi connectivity index (χ3n) is 4.99. The van der Waals surface area contributed by atoms with Crippen LogP contribution < -0.4 is 11.1 Å². The second-order valence-corrected chi connectivity index (χ2v) is 7.04. The quantitative estimate of drug-likeness (QED) is 0.490. The van der Waals surface area contributed by atoms with Crippen molar-refractivity contribution >= 4 is 39.3 Å². The number of nitrogens with one attached hydrogen (secondary N) is 1. The van der Waals surface area contributed by atoms with Gasteiger partial charge in [0, 0.05) is 41.0 Å². The van der Waals surface area contributed by atoms with E-state index in [4.69, 9.17) is 5.73 Å². The molecule has 0 aliphatic rings. The van der Waals surface area contributed by atoms with Gasteiger partial charge in [-0.2, -0.15) is 0 Å². The summed E-state index contributed by atoms with van der Waals surface area (Å²) in [4.78, 5) is 23.4. The fourth-order valence-corrected chi connectivity index (χ4v) is 3.80. The largest absolute Gasteiger partial charge is 0.392 e. The lowest BCUT2D eigenvalue weighted by atomic mass is 10.0. The molecule has 4 rings (SSSR count). The first-order valence-corrected chi connectivity index (χ1v) is 9.29. The van der Waals surface area contributed by atoms with Gasteiger partial charge in [0.2, 0.25) is 11.8 Å². The van der Waals surface area contributed by atoms with E-state index in [1.54, 1.807) is 6.07 Å². The second kappa shape index (κ2) is 7.41. The maximum atomic E-state index is 12.0. The Morgan fingerprint density at radius 1 is 1.00 bits per heavy atom. The number of amides is 2. The summed E-state index contributed by atoms with van der Waals surface area (Å²) < 4.78 is 2.10. The minimum Gasteiger partial charge on any atom is -0.392 e. The molecule has 29 heavy (non-hydrogen) atoms. The monoisotopic (exact) mass is 387 g/mol. The van der Waals surface area contributed by atoms with Gasteiger partial charge in [0.05, 0.1) is 12.1 Å². The third-order valence-corrected chi connectivity index (χ3v) is 4.99. The number of hydrogen-bond acceptors (Lipinski definition) is 3. The Morgan fingerprint density at radius 3 is 2.52 bits per heavy atom. The van der Waals surface area contributed by atoms with Crippen LogP contribution in [0.4, 0.5) is 5.69 Å². The Hall–Kier alpha value is -3.64. The van der Waals surface area contributed by atoms with Gasteiger partial charge < -0.3 is 20.7 Å². The van der Waals surface area contributed by atoms with Gasteiger partial charge in [-0.3, -0.25) is 9.59 Å². The van der Waals surface area contributed by atoms with E-state index in [9.17, 15) is 14.7 Å². The normalized spacial score (nSPS) is 11.1. The number of nitrogens with two attached hydrogens (primary N) is 1. The van der Waals surface area contributed by atoms with Crippen molar-refractivity contribution in [1.82, 2.24) is 4.57 Å². The van der Waals surface area contributed by atoms with Crippen molar-refractivity contribution in [3.05, 3.63) is 77.4 Å². The average molecular weight is 387 g/mol. The van der Waals surface area contributed by atoms with E-state index >= 15 is 0 Å². The predicted molar refractivity (Wildman–Crippen MR) is 114 cm³/mol. The Morgan fingerprint density at radius 2 is 1.79 bits per heavy atom. The first kappa shape index (κ1) is 18.7. The van der Waals surface area contributed by atoms with Crippen molar-refractivity contribution < 1.29 is 14.7 Å². The molecule has 1 aromatic heterocycles. The molecule has 1 heterocycles. The van der Waals surface area contributed by atoms with Gasteiger partial charge in [-0.25, -0.2) is 0 Å². The maximum Gasteiger partial charge on any atom is 0.249 e. The van der Waals surface area contributed by atoms with Gasteiger partial charge in [0.15, 0.2) is 0 Å². The lowest BCUT2D eigenvalue weighted by Gasteiger charge is -2.10. The van der Waals surface area contributed by atoms with E-state index in [1.165, 1.54) is 6.92 Å². The van der Waals surface area contributed by atoms with Crippen LogP contribution in [0.1, 0.15) is 28.4 Å². The Kier molecular flexibility index (Phi) is 4.78. The highest BCUT2D eigenvalue weighted by molar-refractivity contribution is 6.18. The number of nitrogens with zero attached hydrogens (tertiary/aromatic N) is 1. The smallest absolute Gasteiger partial charge is 0.249 e. The van der Waals surface area contributed by atoms with Crippen LogP contribution >= 0.6 is 0 Å². The van der Waals surface area contributed by atoms with E-state index in [2.05, 4.69) is 9.88 Å². The molecule has 2 amide bonds. The summed E-state index contributed by atoms with van der Waals surface area (Å²) in [6.07, 6.45) is 0. The highest BCUT2D eigenvalue weighted by atomic mass is 16.3. The van der Waals surface area contributed by atoms with Crippen LogP contribution in [-0.2, 0) is 17.9 Å². The van der Waals surface area contributed by atoms with Crippen LogP contribution in [0.5, 0.6) is 0 Å². The minimum absolute atomic E-state index is 0.0713. The van der Waals surface area contributed by atoms with Gasteiger partial charge in [0.1, 0.15) is 0 Å². The van der Waals surface area contributed by atoms with Crippen LogP contribution in [0.3, 0.4) is 0 Å². The van der Waals surface area contributed by atoms with E-state index in [0.29, 0.717) is 12.1 Å². The molecule has 0 spiro atoms. The van der Waals surface area contributed by atoms with E-state index in [0.717, 1.165) is 38.6 Å². The lowest BCUT2D eigenvalue weighted by molar-refractivity contribution is -0.114. The summed E-state index contributed by atoms with van der Waals surface area (Å²) >= 11 is 0. The van der Waals surface area contributed by atoms with Crippen molar-refractivity contribution in [2.24, 2.45) is 5.73 Å². The number of primary amides is 1. The molecule has 6 nitrogen and oxygen atoms in total. The molecular formula is C23H21N3O3. The molecule has 0 unspecified atom stereocenters. The number of hydrogen-bond donors (Lipinski definition) is 3.